The molecule has 49 heavy (non-hydrogen) atoms. The molecule has 0 saturated carbocycles. The van der Waals surface area contributed by atoms with E-state index in [4.69, 9.17) is 9.97 Å². The molecule has 230 valence electrons. The van der Waals surface area contributed by atoms with Crippen molar-refractivity contribution < 1.29 is 0 Å². The van der Waals surface area contributed by atoms with Gasteiger partial charge in [0.25, 0.3) is 0 Å². The molecule has 0 saturated heterocycles. The highest BCUT2D eigenvalue weighted by Crippen LogP contribution is 2.40. The Bertz CT molecular complexity index is 2530. The van der Waals surface area contributed by atoms with Crippen LogP contribution in [0.3, 0.4) is 0 Å². The third-order valence-corrected chi connectivity index (χ3v) is 10.2. The van der Waals surface area contributed by atoms with Crippen molar-refractivity contribution >= 4 is 31.5 Å². The van der Waals surface area contributed by atoms with E-state index < -0.39 is 0 Å². The van der Waals surface area contributed by atoms with E-state index in [0.717, 1.165) is 44.8 Å². The largest absolute Gasteiger partial charge is 0.228 e. The zero-order chi connectivity index (χ0) is 32.6. The lowest BCUT2D eigenvalue weighted by Crippen LogP contribution is -1.97. The Kier molecular flexibility index (Phi) is 7.38. The van der Waals surface area contributed by atoms with Crippen LogP contribution in [0.4, 0.5) is 0 Å². The Labute approximate surface area is 289 Å². The van der Waals surface area contributed by atoms with Crippen LogP contribution in [0.25, 0.3) is 87.5 Å². The van der Waals surface area contributed by atoms with Crippen molar-refractivity contribution in [3.8, 4) is 67.3 Å². The number of nitrogens with zero attached hydrogens (tertiary/aromatic N) is 2. The summed E-state index contributed by atoms with van der Waals surface area (Å²) in [5, 5.41) is 2.58. The van der Waals surface area contributed by atoms with E-state index in [1.165, 1.54) is 36.9 Å². The summed E-state index contributed by atoms with van der Waals surface area (Å²) in [6, 6.07) is 64.5. The van der Waals surface area contributed by atoms with Gasteiger partial charge in [0.05, 0.1) is 11.4 Å². The second kappa shape index (κ2) is 12.5. The molecular weight excluding hydrogens is 613 g/mol. The first-order valence-electron chi connectivity index (χ1n) is 16.5. The third-order valence-electron chi connectivity index (χ3n) is 9.09. The Morgan fingerprint density at radius 3 is 1.53 bits per heavy atom. The molecule has 0 spiro atoms. The van der Waals surface area contributed by atoms with E-state index >= 15 is 0 Å². The zero-order valence-corrected chi connectivity index (χ0v) is 27.4. The van der Waals surface area contributed by atoms with Crippen LogP contribution in [0.2, 0.25) is 0 Å². The van der Waals surface area contributed by atoms with Gasteiger partial charge in [-0.25, -0.2) is 9.97 Å². The van der Waals surface area contributed by atoms with Crippen molar-refractivity contribution in [3.63, 3.8) is 0 Å². The first kappa shape index (κ1) is 29.0. The van der Waals surface area contributed by atoms with Crippen LogP contribution in [0.15, 0.2) is 182 Å². The standard InChI is InChI=1S/C46H30N2S/c1-4-14-31(15-5-1)35-26-36(32-16-6-2-7-17-32)28-37(27-35)42-30-43(48-46(47-42)33-18-8-3-9-19-33)39-21-11-10-20-38(39)34-24-25-45-41(29-34)40-22-12-13-23-44(40)49-45/h1-30H. The number of rotatable bonds is 6. The van der Waals surface area contributed by atoms with Gasteiger partial charge in [0.2, 0.25) is 0 Å². The minimum absolute atomic E-state index is 0.702. The molecule has 3 heteroatoms. The quantitative estimate of drug-likeness (QED) is 0.180. The van der Waals surface area contributed by atoms with Gasteiger partial charge in [-0.3, -0.25) is 0 Å². The van der Waals surface area contributed by atoms with Gasteiger partial charge < -0.3 is 0 Å². The van der Waals surface area contributed by atoms with Crippen molar-refractivity contribution in [2.24, 2.45) is 0 Å². The lowest BCUT2D eigenvalue weighted by molar-refractivity contribution is 1.18. The first-order valence-corrected chi connectivity index (χ1v) is 17.3. The highest BCUT2D eigenvalue weighted by molar-refractivity contribution is 7.25. The van der Waals surface area contributed by atoms with Gasteiger partial charge in [0.1, 0.15) is 0 Å². The van der Waals surface area contributed by atoms with Crippen molar-refractivity contribution in [2.45, 2.75) is 0 Å². The monoisotopic (exact) mass is 642 g/mol. The van der Waals surface area contributed by atoms with Crippen molar-refractivity contribution in [1.29, 1.82) is 0 Å². The topological polar surface area (TPSA) is 25.8 Å². The number of hydrogen-bond acceptors (Lipinski definition) is 3. The summed E-state index contributed by atoms with van der Waals surface area (Å²) < 4.78 is 2.61. The van der Waals surface area contributed by atoms with E-state index in [2.05, 4.69) is 164 Å². The minimum Gasteiger partial charge on any atom is -0.228 e. The van der Waals surface area contributed by atoms with Gasteiger partial charge in [-0.15, -0.1) is 11.3 Å². The fourth-order valence-electron chi connectivity index (χ4n) is 6.67. The van der Waals surface area contributed by atoms with Gasteiger partial charge in [0, 0.05) is 36.9 Å². The first-order chi connectivity index (χ1) is 24.3. The fraction of sp³-hybridized carbons (Fsp3) is 0. The molecular formula is C46H30N2S. The van der Waals surface area contributed by atoms with Crippen LogP contribution in [-0.2, 0) is 0 Å². The number of aromatic nitrogens is 2. The van der Waals surface area contributed by atoms with E-state index in [1.54, 1.807) is 0 Å². The Morgan fingerprint density at radius 2 is 0.837 bits per heavy atom. The SMILES string of the molecule is c1ccc(-c2cc(-c3ccccc3)cc(-c3cc(-c4ccccc4-c4ccc5sc6ccccc6c5c4)nc(-c4ccccc4)n3)c2)cc1. The number of fused-ring (bicyclic) bond motifs is 3. The van der Waals surface area contributed by atoms with Crippen molar-refractivity contribution in [2.75, 3.05) is 0 Å². The summed E-state index contributed by atoms with van der Waals surface area (Å²) in [7, 11) is 0. The maximum absolute atomic E-state index is 5.24. The number of thiophene rings is 1. The van der Waals surface area contributed by atoms with Gasteiger partial charge in [-0.2, -0.15) is 0 Å². The van der Waals surface area contributed by atoms with Crippen LogP contribution in [0.5, 0.6) is 0 Å². The van der Waals surface area contributed by atoms with Crippen LogP contribution in [-0.4, -0.2) is 9.97 Å². The molecule has 0 aliphatic rings. The molecule has 0 atom stereocenters. The average molecular weight is 643 g/mol. The van der Waals surface area contributed by atoms with Gasteiger partial charge in [-0.05, 0) is 75.8 Å². The predicted molar refractivity (Wildman–Crippen MR) is 208 cm³/mol. The molecule has 9 aromatic rings. The highest BCUT2D eigenvalue weighted by Gasteiger charge is 2.16. The Balaban J connectivity index is 1.25. The van der Waals surface area contributed by atoms with E-state index in [9.17, 15) is 0 Å². The van der Waals surface area contributed by atoms with E-state index in [1.807, 2.05) is 29.5 Å². The maximum atomic E-state index is 5.24. The lowest BCUT2D eigenvalue weighted by Gasteiger charge is -2.15. The van der Waals surface area contributed by atoms with E-state index in [0.29, 0.717) is 5.82 Å². The normalized spacial score (nSPS) is 11.3. The molecule has 0 amide bonds. The van der Waals surface area contributed by atoms with Gasteiger partial charge >= 0.3 is 0 Å². The number of benzene rings is 7. The third kappa shape index (κ3) is 5.61. The fourth-order valence-corrected chi connectivity index (χ4v) is 7.76. The summed E-state index contributed by atoms with van der Waals surface area (Å²) in [4.78, 5) is 10.5. The highest BCUT2D eigenvalue weighted by atomic mass is 32.1. The second-order valence-corrected chi connectivity index (χ2v) is 13.3. The van der Waals surface area contributed by atoms with Crippen LogP contribution < -0.4 is 0 Å². The van der Waals surface area contributed by atoms with Gasteiger partial charge in [-0.1, -0.05) is 140 Å². The summed E-state index contributed by atoms with van der Waals surface area (Å²) >= 11 is 1.84. The van der Waals surface area contributed by atoms with Crippen LogP contribution >= 0.6 is 11.3 Å². The van der Waals surface area contributed by atoms with Crippen molar-refractivity contribution in [3.05, 3.63) is 182 Å². The minimum atomic E-state index is 0.702. The molecule has 0 bridgehead atoms. The zero-order valence-electron chi connectivity index (χ0n) is 26.6. The average Bonchev–Trinajstić information content (AvgIpc) is 3.56. The van der Waals surface area contributed by atoms with E-state index in [-0.39, 0.29) is 0 Å². The molecule has 0 aliphatic carbocycles. The molecule has 0 unspecified atom stereocenters. The lowest BCUT2D eigenvalue weighted by atomic mass is 9.93. The Morgan fingerprint density at radius 1 is 0.306 bits per heavy atom. The summed E-state index contributed by atoms with van der Waals surface area (Å²) in [5.74, 6) is 0.702. The smallest absolute Gasteiger partial charge is 0.160 e. The number of hydrogen-bond donors (Lipinski definition) is 0. The van der Waals surface area contributed by atoms with Crippen molar-refractivity contribution in [1.82, 2.24) is 9.97 Å². The van der Waals surface area contributed by atoms with Crippen LogP contribution in [0, 0.1) is 0 Å². The van der Waals surface area contributed by atoms with Crippen LogP contribution in [0.1, 0.15) is 0 Å². The molecule has 2 heterocycles. The second-order valence-electron chi connectivity index (χ2n) is 12.2. The summed E-state index contributed by atoms with van der Waals surface area (Å²) in [6.45, 7) is 0. The molecule has 7 aromatic carbocycles. The molecule has 2 nitrogen and oxygen atoms in total. The molecule has 0 N–H and O–H groups in total. The molecule has 9 rings (SSSR count). The Hall–Kier alpha value is -6.16. The maximum Gasteiger partial charge on any atom is 0.160 e. The molecule has 0 radical (unpaired) electrons. The molecule has 0 fully saturated rings. The molecule has 2 aromatic heterocycles. The molecule has 0 aliphatic heterocycles. The van der Waals surface area contributed by atoms with Gasteiger partial charge in [0.15, 0.2) is 5.82 Å². The summed E-state index contributed by atoms with van der Waals surface area (Å²) in [5.41, 5.74) is 11.8. The predicted octanol–water partition coefficient (Wildman–Crippen LogP) is 12.8. The summed E-state index contributed by atoms with van der Waals surface area (Å²) in [6.07, 6.45) is 0.